The van der Waals surface area contributed by atoms with Gasteiger partial charge in [-0.3, -0.25) is 0 Å². The molecule has 0 atom stereocenters. The Morgan fingerprint density at radius 2 is 1.71 bits per heavy atom. The van der Waals surface area contributed by atoms with Crippen molar-refractivity contribution >= 4 is 44.1 Å². The van der Waals surface area contributed by atoms with Crippen molar-refractivity contribution in [1.29, 1.82) is 0 Å². The zero-order valence-electron chi connectivity index (χ0n) is 20.9. The van der Waals surface area contributed by atoms with E-state index in [9.17, 15) is 8.42 Å². The van der Waals surface area contributed by atoms with Crippen LogP contribution in [-0.4, -0.2) is 65.6 Å². The van der Waals surface area contributed by atoms with Gasteiger partial charge in [-0.15, -0.1) is 10.2 Å². The number of piperazine rings is 1. The van der Waals surface area contributed by atoms with Crippen LogP contribution in [0, 0.1) is 6.92 Å². The predicted octanol–water partition coefficient (Wildman–Crippen LogP) is 4.43. The van der Waals surface area contributed by atoms with Gasteiger partial charge in [0.15, 0.2) is 11.5 Å². The molecule has 0 bridgehead atoms. The van der Waals surface area contributed by atoms with Crippen LogP contribution in [0.1, 0.15) is 5.56 Å². The van der Waals surface area contributed by atoms with Gasteiger partial charge in [-0.1, -0.05) is 35.9 Å². The Balaban J connectivity index is 1.43. The number of hydrogen-bond acceptors (Lipinski definition) is 7. The number of nitrogens with zero attached hydrogens (tertiary/aromatic N) is 6. The normalized spacial score (nSPS) is 14.9. The summed E-state index contributed by atoms with van der Waals surface area (Å²) in [6, 6.07) is 20.1. The van der Waals surface area contributed by atoms with E-state index in [4.69, 9.17) is 21.3 Å². The lowest BCUT2D eigenvalue weighted by Gasteiger charge is -2.35. The Labute approximate surface area is 225 Å². The van der Waals surface area contributed by atoms with Gasteiger partial charge in [0.25, 0.3) is 0 Å². The number of benzene rings is 3. The van der Waals surface area contributed by atoms with Crippen molar-refractivity contribution in [2.75, 3.05) is 38.2 Å². The number of hydrogen-bond donors (Lipinski definition) is 0. The maximum Gasteiger partial charge on any atom is 0.243 e. The Bertz CT molecular complexity index is 1780. The highest BCUT2D eigenvalue weighted by molar-refractivity contribution is 7.89. The molecule has 5 aromatic rings. The number of anilines is 1. The molecule has 9 nitrogen and oxygen atoms in total. The monoisotopic (exact) mass is 548 g/mol. The summed E-state index contributed by atoms with van der Waals surface area (Å²) in [4.78, 5) is 7.35. The van der Waals surface area contributed by atoms with Gasteiger partial charge < -0.3 is 9.64 Å². The summed E-state index contributed by atoms with van der Waals surface area (Å²) < 4.78 is 35.7. The summed E-state index contributed by atoms with van der Waals surface area (Å²) in [7, 11) is -1.98. The van der Waals surface area contributed by atoms with Crippen LogP contribution in [0.5, 0.6) is 5.75 Å². The van der Waals surface area contributed by atoms with Gasteiger partial charge in [0, 0.05) is 36.6 Å². The van der Waals surface area contributed by atoms with Gasteiger partial charge >= 0.3 is 0 Å². The summed E-state index contributed by atoms with van der Waals surface area (Å²) in [5.41, 5.74) is 3.01. The van der Waals surface area contributed by atoms with Crippen molar-refractivity contribution in [3.8, 4) is 17.1 Å². The van der Waals surface area contributed by atoms with Crippen LogP contribution in [-0.2, 0) is 10.0 Å². The van der Waals surface area contributed by atoms with Crippen LogP contribution in [0.15, 0.2) is 71.6 Å². The van der Waals surface area contributed by atoms with Crippen LogP contribution < -0.4 is 9.64 Å². The SMILES string of the molecule is COc1ccccc1-c1nnc2c3ccc(Cl)cc3nc(N3CCN(S(=O)(=O)c4cccc(C)c4)CC3)n12. The minimum atomic E-state index is -3.60. The number of methoxy groups -OCH3 is 1. The van der Waals surface area contributed by atoms with Crippen LogP contribution in [0.25, 0.3) is 27.9 Å². The third-order valence-corrected chi connectivity index (χ3v) is 8.91. The van der Waals surface area contributed by atoms with Gasteiger partial charge in [0.05, 0.1) is 23.1 Å². The predicted molar refractivity (Wildman–Crippen MR) is 147 cm³/mol. The average Bonchev–Trinajstić information content (AvgIpc) is 3.37. The van der Waals surface area contributed by atoms with E-state index in [0.717, 1.165) is 16.5 Å². The second kappa shape index (κ2) is 9.54. The molecule has 194 valence electrons. The molecule has 0 aliphatic carbocycles. The first-order valence-corrected chi connectivity index (χ1v) is 14.0. The first-order chi connectivity index (χ1) is 18.4. The summed E-state index contributed by atoms with van der Waals surface area (Å²) in [5.74, 6) is 1.87. The maximum atomic E-state index is 13.3. The van der Waals surface area contributed by atoms with Crippen LogP contribution in [0.3, 0.4) is 0 Å². The van der Waals surface area contributed by atoms with E-state index in [1.54, 1.807) is 37.4 Å². The fraction of sp³-hybridized carbons (Fsp3) is 0.222. The fourth-order valence-corrected chi connectivity index (χ4v) is 6.56. The average molecular weight is 549 g/mol. The van der Waals surface area contributed by atoms with E-state index >= 15 is 0 Å². The van der Waals surface area contributed by atoms with Crippen molar-refractivity contribution < 1.29 is 13.2 Å². The van der Waals surface area contributed by atoms with Crippen LogP contribution >= 0.6 is 11.6 Å². The van der Waals surface area contributed by atoms with E-state index in [1.807, 2.05) is 47.7 Å². The zero-order chi connectivity index (χ0) is 26.4. The van der Waals surface area contributed by atoms with Gasteiger partial charge in [0.1, 0.15) is 5.75 Å². The Morgan fingerprint density at radius 3 is 2.47 bits per heavy atom. The third kappa shape index (κ3) is 4.14. The Morgan fingerprint density at radius 1 is 0.921 bits per heavy atom. The Hall–Kier alpha value is -3.73. The second-order valence-corrected chi connectivity index (χ2v) is 11.5. The molecular weight excluding hydrogens is 524 g/mol. The molecule has 6 rings (SSSR count). The lowest BCUT2D eigenvalue weighted by Crippen LogP contribution is -2.49. The highest BCUT2D eigenvalue weighted by Crippen LogP contribution is 2.34. The number of halogens is 1. The molecule has 2 aromatic heterocycles. The van der Waals surface area contributed by atoms with Crippen LogP contribution in [0.2, 0.25) is 5.02 Å². The molecule has 0 spiro atoms. The highest BCUT2D eigenvalue weighted by Gasteiger charge is 2.31. The number of rotatable bonds is 5. The van der Waals surface area contributed by atoms with E-state index in [2.05, 4.69) is 15.1 Å². The molecule has 1 saturated heterocycles. The van der Waals surface area contributed by atoms with Gasteiger partial charge in [-0.05, 0) is 55.0 Å². The van der Waals surface area contributed by atoms with Crippen molar-refractivity contribution in [2.24, 2.45) is 0 Å². The van der Waals surface area contributed by atoms with E-state index in [-0.39, 0.29) is 0 Å². The number of para-hydroxylation sites is 1. The van der Waals surface area contributed by atoms with Gasteiger partial charge in [0.2, 0.25) is 16.0 Å². The summed E-state index contributed by atoms with van der Waals surface area (Å²) in [6.45, 7) is 3.42. The van der Waals surface area contributed by atoms with Gasteiger partial charge in [-0.25, -0.2) is 17.8 Å². The number of aryl methyl sites for hydroxylation is 1. The molecule has 0 amide bonds. The fourth-order valence-electron chi connectivity index (χ4n) is 4.86. The topological polar surface area (TPSA) is 92.9 Å². The molecule has 11 heteroatoms. The van der Waals surface area contributed by atoms with Gasteiger partial charge in [-0.2, -0.15) is 4.31 Å². The summed E-state index contributed by atoms with van der Waals surface area (Å²) in [5, 5.41) is 10.4. The van der Waals surface area contributed by atoms with Crippen LogP contribution in [0.4, 0.5) is 5.95 Å². The van der Waals surface area contributed by atoms with E-state index in [1.165, 1.54) is 4.31 Å². The number of aromatic nitrogens is 4. The standard InChI is InChI=1S/C27H25ClN6O3S/c1-18-6-5-7-20(16-18)38(35,36)33-14-12-32(13-15-33)27-29-23-17-19(28)10-11-21(23)25-30-31-26(34(25)27)22-8-3-4-9-24(22)37-2/h3-11,16-17H,12-15H2,1-2H3. The van der Waals surface area contributed by atoms with E-state index < -0.39 is 10.0 Å². The first kappa shape index (κ1) is 24.6. The smallest absolute Gasteiger partial charge is 0.243 e. The van der Waals surface area contributed by atoms with Crippen molar-refractivity contribution in [3.05, 3.63) is 77.3 Å². The third-order valence-electron chi connectivity index (χ3n) is 6.78. The van der Waals surface area contributed by atoms with Crippen molar-refractivity contribution in [1.82, 2.24) is 23.9 Å². The molecule has 3 aromatic carbocycles. The molecule has 0 saturated carbocycles. The molecule has 0 radical (unpaired) electrons. The first-order valence-electron chi connectivity index (χ1n) is 12.2. The second-order valence-electron chi connectivity index (χ2n) is 9.16. The molecule has 1 aliphatic heterocycles. The number of fused-ring (bicyclic) bond motifs is 3. The van der Waals surface area contributed by atoms with E-state index in [0.29, 0.717) is 64.8 Å². The lowest BCUT2D eigenvalue weighted by atomic mass is 10.2. The quantitative estimate of drug-likeness (QED) is 0.321. The number of sulfonamides is 1. The molecule has 1 fully saturated rings. The molecular formula is C27H25ClN6O3S. The molecule has 1 aliphatic rings. The van der Waals surface area contributed by atoms with Crippen molar-refractivity contribution in [3.63, 3.8) is 0 Å². The number of ether oxygens (including phenoxy) is 1. The molecule has 38 heavy (non-hydrogen) atoms. The Kier molecular flexibility index (Phi) is 6.17. The minimum absolute atomic E-state index is 0.309. The molecule has 3 heterocycles. The lowest BCUT2D eigenvalue weighted by molar-refractivity contribution is 0.382. The summed E-state index contributed by atoms with van der Waals surface area (Å²) in [6.07, 6.45) is 0. The van der Waals surface area contributed by atoms with Crippen molar-refractivity contribution in [2.45, 2.75) is 11.8 Å². The summed E-state index contributed by atoms with van der Waals surface area (Å²) >= 11 is 6.30. The zero-order valence-corrected chi connectivity index (χ0v) is 22.4. The minimum Gasteiger partial charge on any atom is -0.496 e. The highest BCUT2D eigenvalue weighted by atomic mass is 35.5. The largest absolute Gasteiger partial charge is 0.496 e. The molecule has 0 unspecified atom stereocenters. The molecule has 0 N–H and O–H groups in total. The maximum absolute atomic E-state index is 13.3.